The van der Waals surface area contributed by atoms with Gasteiger partial charge < -0.3 is 9.47 Å². The van der Waals surface area contributed by atoms with Gasteiger partial charge in [-0.05, 0) is 0 Å². The molecule has 0 spiro atoms. The first-order valence-electron chi connectivity index (χ1n) is 4.44. The van der Waals surface area contributed by atoms with Crippen LogP contribution < -0.4 is 0 Å². The highest BCUT2D eigenvalue weighted by molar-refractivity contribution is 6.25. The van der Waals surface area contributed by atoms with Gasteiger partial charge in [0.1, 0.15) is 6.04 Å². The van der Waals surface area contributed by atoms with Crippen LogP contribution in [0.25, 0.3) is 0 Å². The molecule has 0 radical (unpaired) electrons. The third-order valence-corrected chi connectivity index (χ3v) is 2.32. The van der Waals surface area contributed by atoms with Crippen LogP contribution in [-0.2, 0) is 14.3 Å². The molecular formula is C9H14ClNO3. The van der Waals surface area contributed by atoms with E-state index in [1.165, 1.54) is 12.6 Å². The number of rotatable bonds is 3. The number of esters is 1. The first-order valence-corrected chi connectivity index (χ1v) is 4.88. The smallest absolute Gasteiger partial charge is 0.325 e. The van der Waals surface area contributed by atoms with Crippen molar-refractivity contribution < 1.29 is 14.3 Å². The zero-order valence-corrected chi connectivity index (χ0v) is 8.87. The minimum atomic E-state index is -0.304. The Kier molecular flexibility index (Phi) is 4.93. The summed E-state index contributed by atoms with van der Waals surface area (Å²) in [6, 6.07) is -0.304. The van der Waals surface area contributed by atoms with Crippen LogP contribution in [-0.4, -0.2) is 50.3 Å². The molecule has 5 heteroatoms. The van der Waals surface area contributed by atoms with Crippen LogP contribution in [0.1, 0.15) is 0 Å². The first kappa shape index (κ1) is 11.5. The molecule has 80 valence electrons. The fraction of sp³-hybridized carbons (Fsp3) is 0.667. The molecule has 0 aromatic carbocycles. The zero-order chi connectivity index (χ0) is 10.4. The van der Waals surface area contributed by atoms with Crippen molar-refractivity contribution >= 4 is 17.6 Å². The van der Waals surface area contributed by atoms with Crippen LogP contribution in [0.4, 0.5) is 0 Å². The SMILES string of the molecule is COC(=O)C1COCCN1C/C=C/Cl. The Morgan fingerprint density at radius 3 is 3.21 bits per heavy atom. The molecule has 1 aliphatic rings. The Labute approximate surface area is 88.4 Å². The zero-order valence-electron chi connectivity index (χ0n) is 8.11. The van der Waals surface area contributed by atoms with E-state index in [0.29, 0.717) is 19.8 Å². The molecule has 1 rings (SSSR count). The summed E-state index contributed by atoms with van der Waals surface area (Å²) < 4.78 is 9.90. The highest BCUT2D eigenvalue weighted by Crippen LogP contribution is 2.08. The molecule has 1 heterocycles. The lowest BCUT2D eigenvalue weighted by molar-refractivity contribution is -0.152. The lowest BCUT2D eigenvalue weighted by atomic mass is 10.2. The predicted octanol–water partition coefficient (Wildman–Crippen LogP) is 0.613. The van der Waals surface area contributed by atoms with E-state index < -0.39 is 0 Å². The number of hydrogen-bond donors (Lipinski definition) is 0. The summed E-state index contributed by atoms with van der Waals surface area (Å²) in [6.45, 7) is 2.40. The standard InChI is InChI=1S/C9H14ClNO3/c1-13-9(12)8-7-14-6-5-11(8)4-2-3-10/h2-3,8H,4-7H2,1H3/b3-2+. The van der Waals surface area contributed by atoms with Crippen LogP contribution in [0, 0.1) is 0 Å². The summed E-state index contributed by atoms with van der Waals surface area (Å²) in [7, 11) is 1.38. The van der Waals surface area contributed by atoms with Gasteiger partial charge in [0.2, 0.25) is 0 Å². The van der Waals surface area contributed by atoms with E-state index >= 15 is 0 Å². The molecule has 4 nitrogen and oxygen atoms in total. The van der Waals surface area contributed by atoms with E-state index in [4.69, 9.17) is 16.3 Å². The maximum atomic E-state index is 11.3. The van der Waals surface area contributed by atoms with Gasteiger partial charge in [-0.25, -0.2) is 0 Å². The molecule has 1 unspecified atom stereocenters. The Morgan fingerprint density at radius 2 is 2.57 bits per heavy atom. The Morgan fingerprint density at radius 1 is 1.79 bits per heavy atom. The highest BCUT2D eigenvalue weighted by Gasteiger charge is 2.29. The second kappa shape index (κ2) is 6.01. The van der Waals surface area contributed by atoms with E-state index in [-0.39, 0.29) is 12.0 Å². The van der Waals surface area contributed by atoms with Crippen molar-refractivity contribution in [2.24, 2.45) is 0 Å². The minimum Gasteiger partial charge on any atom is -0.468 e. The molecular weight excluding hydrogens is 206 g/mol. The largest absolute Gasteiger partial charge is 0.468 e. The van der Waals surface area contributed by atoms with Crippen LogP contribution in [0.3, 0.4) is 0 Å². The molecule has 0 saturated carbocycles. The van der Waals surface area contributed by atoms with Crippen LogP contribution in [0.2, 0.25) is 0 Å². The number of hydrogen-bond acceptors (Lipinski definition) is 4. The van der Waals surface area contributed by atoms with Gasteiger partial charge in [-0.2, -0.15) is 0 Å². The molecule has 0 amide bonds. The Balaban J connectivity index is 2.54. The van der Waals surface area contributed by atoms with Crippen molar-refractivity contribution in [2.45, 2.75) is 6.04 Å². The number of carbonyl (C=O) groups is 1. The predicted molar refractivity (Wildman–Crippen MR) is 53.2 cm³/mol. The molecule has 1 atom stereocenters. The highest BCUT2D eigenvalue weighted by atomic mass is 35.5. The van der Waals surface area contributed by atoms with Crippen LogP contribution >= 0.6 is 11.6 Å². The van der Waals surface area contributed by atoms with E-state index in [0.717, 1.165) is 6.54 Å². The Bertz CT molecular complexity index is 220. The van der Waals surface area contributed by atoms with Crippen molar-refractivity contribution in [3.8, 4) is 0 Å². The monoisotopic (exact) mass is 219 g/mol. The molecule has 0 bridgehead atoms. The average Bonchev–Trinajstić information content (AvgIpc) is 2.25. The van der Waals surface area contributed by atoms with E-state index in [2.05, 4.69) is 4.74 Å². The lowest BCUT2D eigenvalue weighted by Crippen LogP contribution is -2.50. The summed E-state index contributed by atoms with van der Waals surface area (Å²) in [6.07, 6.45) is 1.79. The topological polar surface area (TPSA) is 38.8 Å². The van der Waals surface area contributed by atoms with Gasteiger partial charge in [-0.1, -0.05) is 17.7 Å². The summed E-state index contributed by atoms with van der Waals surface area (Å²) in [5.41, 5.74) is 1.45. The van der Waals surface area contributed by atoms with Crippen molar-refractivity contribution in [1.29, 1.82) is 0 Å². The summed E-state index contributed by atoms with van der Waals surface area (Å²) in [5, 5.41) is 0. The van der Waals surface area contributed by atoms with Gasteiger partial charge in [-0.15, -0.1) is 0 Å². The van der Waals surface area contributed by atoms with Gasteiger partial charge in [-0.3, -0.25) is 9.69 Å². The second-order valence-corrected chi connectivity index (χ2v) is 3.22. The van der Waals surface area contributed by atoms with Crippen molar-refractivity contribution in [2.75, 3.05) is 33.4 Å². The third-order valence-electron chi connectivity index (χ3n) is 2.14. The summed E-state index contributed by atoms with van der Waals surface area (Å²) in [5.74, 6) is -0.257. The average molecular weight is 220 g/mol. The summed E-state index contributed by atoms with van der Waals surface area (Å²) in [4.78, 5) is 13.3. The molecule has 1 saturated heterocycles. The van der Waals surface area contributed by atoms with Gasteiger partial charge in [0.25, 0.3) is 0 Å². The second-order valence-electron chi connectivity index (χ2n) is 2.97. The fourth-order valence-corrected chi connectivity index (χ4v) is 1.46. The van der Waals surface area contributed by atoms with Gasteiger partial charge in [0.05, 0.1) is 20.3 Å². The Hall–Kier alpha value is -0.580. The summed E-state index contributed by atoms with van der Waals surface area (Å²) >= 11 is 5.43. The lowest BCUT2D eigenvalue weighted by Gasteiger charge is -2.32. The number of halogens is 1. The molecule has 14 heavy (non-hydrogen) atoms. The van der Waals surface area contributed by atoms with E-state index in [1.54, 1.807) is 6.08 Å². The van der Waals surface area contributed by atoms with E-state index in [1.807, 2.05) is 4.90 Å². The fourth-order valence-electron chi connectivity index (χ4n) is 1.38. The number of carbonyl (C=O) groups excluding carboxylic acids is 1. The molecule has 1 fully saturated rings. The maximum absolute atomic E-state index is 11.3. The molecule has 0 aliphatic carbocycles. The number of nitrogens with zero attached hydrogens (tertiary/aromatic N) is 1. The van der Waals surface area contributed by atoms with E-state index in [9.17, 15) is 4.79 Å². The van der Waals surface area contributed by atoms with Crippen molar-refractivity contribution in [3.63, 3.8) is 0 Å². The number of methoxy groups -OCH3 is 1. The van der Waals surface area contributed by atoms with Gasteiger partial charge in [0.15, 0.2) is 0 Å². The first-order chi connectivity index (χ1) is 6.79. The van der Waals surface area contributed by atoms with Crippen molar-refractivity contribution in [1.82, 2.24) is 4.90 Å². The number of morpholine rings is 1. The number of ether oxygens (including phenoxy) is 2. The van der Waals surface area contributed by atoms with Gasteiger partial charge >= 0.3 is 5.97 Å². The quantitative estimate of drug-likeness (QED) is 0.653. The minimum absolute atomic E-state index is 0.257. The third kappa shape index (κ3) is 2.97. The molecule has 0 N–H and O–H groups in total. The van der Waals surface area contributed by atoms with Crippen LogP contribution in [0.15, 0.2) is 11.6 Å². The molecule has 0 aromatic rings. The molecule has 0 aromatic heterocycles. The normalized spacial score (nSPS) is 24.0. The molecule has 1 aliphatic heterocycles. The van der Waals surface area contributed by atoms with Crippen molar-refractivity contribution in [3.05, 3.63) is 11.6 Å². The van der Waals surface area contributed by atoms with Gasteiger partial charge in [0, 0.05) is 18.6 Å². The van der Waals surface area contributed by atoms with Crippen LogP contribution in [0.5, 0.6) is 0 Å². The maximum Gasteiger partial charge on any atom is 0.325 e.